The smallest absolute Gasteiger partial charge is 0.244 e. The number of rotatable bonds is 4. The maximum atomic E-state index is 13.6. The number of halogens is 1. The molecule has 2 unspecified atom stereocenters. The van der Waals surface area contributed by atoms with Gasteiger partial charge in [-0.1, -0.05) is 17.7 Å². The summed E-state index contributed by atoms with van der Waals surface area (Å²) in [5, 5.41) is 7.07. The molecule has 1 aromatic carbocycles. The number of aliphatic imine (C=N–C) groups is 1. The molecule has 0 aliphatic carbocycles. The van der Waals surface area contributed by atoms with Gasteiger partial charge in [-0.15, -0.1) is 0 Å². The van der Waals surface area contributed by atoms with Crippen LogP contribution in [0, 0.1) is 0 Å². The second-order valence-electron chi connectivity index (χ2n) is 10.8. The first-order chi connectivity index (χ1) is 17.1. The molecular formula is C26H34ClN5O4. The minimum absolute atomic E-state index is 0.00652. The van der Waals surface area contributed by atoms with Gasteiger partial charge in [-0.25, -0.2) is 0 Å². The fraction of sp³-hybridized carbons (Fsp3) is 0.577. The maximum absolute atomic E-state index is 13.6. The van der Waals surface area contributed by atoms with Gasteiger partial charge in [0.1, 0.15) is 6.04 Å². The third-order valence-electron chi connectivity index (χ3n) is 7.14. The molecule has 2 N–H and O–H groups in total. The summed E-state index contributed by atoms with van der Waals surface area (Å²) in [5.41, 5.74) is 2.01. The molecule has 5 atom stereocenters. The summed E-state index contributed by atoms with van der Waals surface area (Å²) in [6.45, 7) is 9.79. The first-order valence-electron chi connectivity index (χ1n) is 12.5. The van der Waals surface area contributed by atoms with Gasteiger partial charge in [0.15, 0.2) is 0 Å². The van der Waals surface area contributed by atoms with Gasteiger partial charge in [-0.05, 0) is 45.4 Å². The number of ether oxygens (including phenoxy) is 2. The van der Waals surface area contributed by atoms with Crippen LogP contribution in [0.5, 0.6) is 0 Å². The van der Waals surface area contributed by atoms with Gasteiger partial charge in [0, 0.05) is 43.0 Å². The van der Waals surface area contributed by atoms with Crippen molar-refractivity contribution in [2.45, 2.75) is 63.5 Å². The van der Waals surface area contributed by atoms with Gasteiger partial charge >= 0.3 is 0 Å². The summed E-state index contributed by atoms with van der Waals surface area (Å²) >= 11 is 6.44. The van der Waals surface area contributed by atoms with Gasteiger partial charge in [0.2, 0.25) is 11.8 Å². The minimum Gasteiger partial charge on any atom is -0.374 e. The number of nitrogens with one attached hydrogen (secondary N) is 2. The highest BCUT2D eigenvalue weighted by Crippen LogP contribution is 2.44. The predicted molar refractivity (Wildman–Crippen MR) is 140 cm³/mol. The van der Waals surface area contributed by atoms with Crippen LogP contribution in [0.15, 0.2) is 29.4 Å². The second kappa shape index (κ2) is 9.78. The fourth-order valence-corrected chi connectivity index (χ4v) is 5.80. The average Bonchev–Trinajstić information content (AvgIpc) is 3.16. The van der Waals surface area contributed by atoms with Gasteiger partial charge in [0.25, 0.3) is 0 Å². The van der Waals surface area contributed by atoms with E-state index in [1.54, 1.807) is 12.3 Å². The van der Waals surface area contributed by atoms with Crippen LogP contribution in [0.2, 0.25) is 5.02 Å². The topological polar surface area (TPSA) is 95.5 Å². The average molecular weight is 516 g/mol. The molecule has 9 nitrogen and oxygen atoms in total. The molecule has 0 aromatic heterocycles. The Morgan fingerprint density at radius 1 is 1.25 bits per heavy atom. The molecule has 5 rings (SSSR count). The summed E-state index contributed by atoms with van der Waals surface area (Å²) < 4.78 is 11.8. The van der Waals surface area contributed by atoms with Crippen molar-refractivity contribution in [3.8, 4) is 0 Å². The van der Waals surface area contributed by atoms with Crippen LogP contribution in [0.4, 0.5) is 11.4 Å². The van der Waals surface area contributed by atoms with Crippen molar-refractivity contribution >= 4 is 41.0 Å². The minimum atomic E-state index is -0.613. The van der Waals surface area contributed by atoms with E-state index in [0.717, 1.165) is 11.3 Å². The van der Waals surface area contributed by atoms with Crippen molar-refractivity contribution in [1.82, 2.24) is 9.80 Å². The van der Waals surface area contributed by atoms with Crippen LogP contribution < -0.4 is 10.6 Å². The number of morpholine rings is 2. The van der Waals surface area contributed by atoms with Crippen LogP contribution >= 0.6 is 11.6 Å². The Kier molecular flexibility index (Phi) is 6.84. The van der Waals surface area contributed by atoms with Crippen molar-refractivity contribution < 1.29 is 19.1 Å². The molecule has 0 saturated carbocycles. The molecule has 36 heavy (non-hydrogen) atoms. The Hall–Kier alpha value is -2.46. The van der Waals surface area contributed by atoms with Crippen molar-refractivity contribution in [2.75, 3.05) is 43.4 Å². The van der Waals surface area contributed by atoms with Gasteiger partial charge < -0.3 is 25.0 Å². The van der Waals surface area contributed by atoms with Crippen LogP contribution in [-0.4, -0.2) is 90.5 Å². The SMILES string of the molecule is C[C@H]1CN(C(=O)CN2CC(C)(C)OC[C@H]2C(=O)Nc2cc(Cl)cc3c2NC2C=NC=CC32)C[C@H](C)O1. The van der Waals surface area contributed by atoms with Crippen LogP contribution in [0.3, 0.4) is 0 Å². The lowest BCUT2D eigenvalue weighted by Crippen LogP contribution is -2.61. The number of hydrogen-bond donors (Lipinski definition) is 2. The number of fused-ring (bicyclic) bond motifs is 3. The number of hydrogen-bond acceptors (Lipinski definition) is 7. The molecule has 194 valence electrons. The normalized spacial score (nSPS) is 30.9. The summed E-state index contributed by atoms with van der Waals surface area (Å²) in [7, 11) is 0. The standard InChI is InChI=1S/C26H34ClN5O4/c1-15-10-31(11-16(2)36-15)23(33)12-32-14-26(3,4)35-13-22(32)25(34)30-20-8-17(27)7-19-18-5-6-28-9-21(18)29-24(19)20/h5-9,15-16,18,21-22,29H,10-14H2,1-4H3,(H,30,34)/t15-,16-,18?,21?,22-/m0/s1. The number of nitrogens with zero attached hydrogens (tertiary/aromatic N) is 3. The first kappa shape index (κ1) is 25.2. The second-order valence-corrected chi connectivity index (χ2v) is 11.2. The first-order valence-corrected chi connectivity index (χ1v) is 12.9. The molecular weight excluding hydrogens is 482 g/mol. The lowest BCUT2D eigenvalue weighted by molar-refractivity contribution is -0.156. The molecule has 2 saturated heterocycles. The van der Waals surface area contributed by atoms with Crippen LogP contribution in [-0.2, 0) is 19.1 Å². The van der Waals surface area contributed by atoms with E-state index in [4.69, 9.17) is 21.1 Å². The Bertz CT molecular complexity index is 1100. The number of carbonyl (C=O) groups excluding carboxylic acids is 2. The molecule has 10 heteroatoms. The Morgan fingerprint density at radius 3 is 2.75 bits per heavy atom. The predicted octanol–water partition coefficient (Wildman–Crippen LogP) is 2.87. The Labute approximate surface area is 216 Å². The quantitative estimate of drug-likeness (QED) is 0.640. The van der Waals surface area contributed by atoms with E-state index in [9.17, 15) is 9.59 Å². The van der Waals surface area contributed by atoms with Crippen molar-refractivity contribution in [3.05, 3.63) is 35.0 Å². The lowest BCUT2D eigenvalue weighted by Gasteiger charge is -2.43. The van der Waals surface area contributed by atoms with E-state index in [0.29, 0.717) is 30.3 Å². The molecule has 4 heterocycles. The molecule has 0 radical (unpaired) electrons. The summed E-state index contributed by atoms with van der Waals surface area (Å²) in [6, 6.07) is 3.08. The van der Waals surface area contributed by atoms with E-state index in [1.165, 1.54) is 0 Å². The van der Waals surface area contributed by atoms with E-state index in [2.05, 4.69) is 15.6 Å². The van der Waals surface area contributed by atoms with Crippen molar-refractivity contribution in [1.29, 1.82) is 0 Å². The Balaban J connectivity index is 1.34. The zero-order valence-electron chi connectivity index (χ0n) is 21.2. The van der Waals surface area contributed by atoms with Gasteiger partial charge in [-0.2, -0.15) is 0 Å². The summed E-state index contributed by atoms with van der Waals surface area (Å²) in [5.74, 6) is -0.126. The molecule has 2 fully saturated rings. The number of carbonyl (C=O) groups is 2. The molecule has 4 aliphatic heterocycles. The highest BCUT2D eigenvalue weighted by molar-refractivity contribution is 6.31. The van der Waals surface area contributed by atoms with E-state index in [-0.39, 0.29) is 49.1 Å². The molecule has 0 spiro atoms. The highest BCUT2D eigenvalue weighted by atomic mass is 35.5. The van der Waals surface area contributed by atoms with E-state index in [1.807, 2.05) is 55.9 Å². The molecule has 4 aliphatic rings. The largest absolute Gasteiger partial charge is 0.374 e. The molecule has 2 amide bonds. The lowest BCUT2D eigenvalue weighted by atomic mass is 9.94. The molecule has 1 aromatic rings. The third-order valence-corrected chi connectivity index (χ3v) is 7.36. The number of amides is 2. The Morgan fingerprint density at radius 2 is 2.00 bits per heavy atom. The molecule has 0 bridgehead atoms. The fourth-order valence-electron chi connectivity index (χ4n) is 5.57. The summed E-state index contributed by atoms with van der Waals surface area (Å²) in [4.78, 5) is 34.8. The zero-order valence-corrected chi connectivity index (χ0v) is 21.9. The summed E-state index contributed by atoms with van der Waals surface area (Å²) in [6.07, 6.45) is 5.65. The van der Waals surface area contributed by atoms with Crippen LogP contribution in [0.1, 0.15) is 39.2 Å². The maximum Gasteiger partial charge on any atom is 0.244 e. The van der Waals surface area contributed by atoms with E-state index >= 15 is 0 Å². The van der Waals surface area contributed by atoms with Gasteiger partial charge in [0.05, 0.1) is 48.4 Å². The number of anilines is 2. The van der Waals surface area contributed by atoms with Crippen LogP contribution in [0.25, 0.3) is 0 Å². The number of benzene rings is 1. The van der Waals surface area contributed by atoms with Crippen molar-refractivity contribution in [2.24, 2.45) is 4.99 Å². The monoisotopic (exact) mass is 515 g/mol. The van der Waals surface area contributed by atoms with Crippen molar-refractivity contribution in [3.63, 3.8) is 0 Å². The highest BCUT2D eigenvalue weighted by Gasteiger charge is 2.40. The third kappa shape index (κ3) is 5.16. The van der Waals surface area contributed by atoms with E-state index < -0.39 is 11.6 Å². The zero-order chi connectivity index (χ0) is 25.6. The van der Waals surface area contributed by atoms with Gasteiger partial charge in [-0.3, -0.25) is 19.5 Å².